The van der Waals surface area contributed by atoms with Crippen molar-refractivity contribution in [1.82, 2.24) is 4.98 Å². The second-order valence-corrected chi connectivity index (χ2v) is 7.58. The van der Waals surface area contributed by atoms with E-state index in [9.17, 15) is 22.8 Å². The Morgan fingerprint density at radius 3 is 2.41 bits per heavy atom. The number of aromatic nitrogens is 1. The Morgan fingerprint density at radius 2 is 1.69 bits per heavy atom. The van der Waals surface area contributed by atoms with Crippen molar-refractivity contribution in [2.75, 3.05) is 10.6 Å². The highest BCUT2D eigenvalue weighted by atomic mass is 32.1. The third-order valence-electron chi connectivity index (χ3n) is 4.43. The van der Waals surface area contributed by atoms with Crippen LogP contribution in [0.1, 0.15) is 5.56 Å². The SMILES string of the molecule is O=C=Nc1ccccc1-c1cc(C(F)(F)F)cc2sc(NC(=O)Nc3ccccc3)nc12. The molecule has 160 valence electrons. The predicted molar refractivity (Wildman–Crippen MR) is 117 cm³/mol. The molecule has 1 heterocycles. The second kappa shape index (κ2) is 8.62. The van der Waals surface area contributed by atoms with Crippen molar-refractivity contribution in [3.8, 4) is 11.1 Å². The Labute approximate surface area is 183 Å². The number of carbonyl (C=O) groups excluding carboxylic acids is 2. The predicted octanol–water partition coefficient (Wildman–Crippen LogP) is 6.59. The molecule has 0 unspecified atom stereocenters. The molecule has 0 saturated carbocycles. The minimum absolute atomic E-state index is 0.116. The van der Waals surface area contributed by atoms with Gasteiger partial charge in [-0.15, -0.1) is 0 Å². The molecule has 4 aromatic rings. The summed E-state index contributed by atoms with van der Waals surface area (Å²) < 4.78 is 40.8. The molecule has 0 saturated heterocycles. The second-order valence-electron chi connectivity index (χ2n) is 6.55. The summed E-state index contributed by atoms with van der Waals surface area (Å²) in [6, 6.07) is 16.3. The fourth-order valence-electron chi connectivity index (χ4n) is 3.08. The van der Waals surface area contributed by atoms with Gasteiger partial charge in [0.05, 0.1) is 21.5 Å². The van der Waals surface area contributed by atoms with E-state index in [1.54, 1.807) is 48.5 Å². The van der Waals surface area contributed by atoms with Crippen LogP contribution in [0, 0.1) is 0 Å². The molecule has 2 amide bonds. The van der Waals surface area contributed by atoms with Gasteiger partial charge in [-0.1, -0.05) is 47.7 Å². The van der Waals surface area contributed by atoms with Crippen LogP contribution in [0.5, 0.6) is 0 Å². The number of fused-ring (bicyclic) bond motifs is 1. The van der Waals surface area contributed by atoms with Gasteiger partial charge in [0.25, 0.3) is 0 Å². The van der Waals surface area contributed by atoms with Crippen LogP contribution in [0.2, 0.25) is 0 Å². The molecular weight excluding hydrogens is 441 g/mol. The number of hydrogen-bond acceptors (Lipinski definition) is 5. The molecule has 0 radical (unpaired) electrons. The van der Waals surface area contributed by atoms with Crippen LogP contribution >= 0.6 is 11.3 Å². The van der Waals surface area contributed by atoms with Crippen molar-refractivity contribution < 1.29 is 22.8 Å². The average Bonchev–Trinajstić information content (AvgIpc) is 3.16. The molecule has 0 spiro atoms. The van der Waals surface area contributed by atoms with E-state index >= 15 is 0 Å². The van der Waals surface area contributed by atoms with Gasteiger partial charge in [-0.2, -0.15) is 18.2 Å². The van der Waals surface area contributed by atoms with Gasteiger partial charge < -0.3 is 5.32 Å². The summed E-state index contributed by atoms with van der Waals surface area (Å²) in [5, 5.41) is 5.28. The molecule has 32 heavy (non-hydrogen) atoms. The van der Waals surface area contributed by atoms with Crippen LogP contribution in [0.15, 0.2) is 71.7 Å². The topological polar surface area (TPSA) is 83.5 Å². The molecule has 3 aromatic carbocycles. The number of halogens is 3. The Bertz CT molecular complexity index is 1350. The molecule has 0 aliphatic heterocycles. The lowest BCUT2D eigenvalue weighted by Crippen LogP contribution is -2.19. The van der Waals surface area contributed by atoms with E-state index in [0.717, 1.165) is 23.5 Å². The fraction of sp³-hybridized carbons (Fsp3) is 0.0455. The molecule has 4 rings (SSSR count). The maximum Gasteiger partial charge on any atom is 0.416 e. The number of anilines is 2. The van der Waals surface area contributed by atoms with Gasteiger partial charge in [0.1, 0.15) is 0 Å². The summed E-state index contributed by atoms with van der Waals surface area (Å²) in [6.45, 7) is 0. The monoisotopic (exact) mass is 454 g/mol. The quantitative estimate of drug-likeness (QED) is 0.269. The summed E-state index contributed by atoms with van der Waals surface area (Å²) in [7, 11) is 0. The van der Waals surface area contributed by atoms with Crippen LogP contribution in [0.4, 0.5) is 34.5 Å². The van der Waals surface area contributed by atoms with Gasteiger partial charge in [0.15, 0.2) is 5.13 Å². The highest BCUT2D eigenvalue weighted by molar-refractivity contribution is 7.22. The number of benzene rings is 3. The zero-order valence-corrected chi connectivity index (χ0v) is 16.9. The van der Waals surface area contributed by atoms with E-state index in [0.29, 0.717) is 5.69 Å². The normalized spacial score (nSPS) is 11.1. The van der Waals surface area contributed by atoms with Crippen LogP contribution in [0.3, 0.4) is 0 Å². The van der Waals surface area contributed by atoms with Crippen molar-refractivity contribution in [2.45, 2.75) is 6.18 Å². The van der Waals surface area contributed by atoms with Gasteiger partial charge in [-0.05, 0) is 30.3 Å². The minimum Gasteiger partial charge on any atom is -0.308 e. The average molecular weight is 454 g/mol. The number of nitrogens with one attached hydrogen (secondary N) is 2. The van der Waals surface area contributed by atoms with Gasteiger partial charge in [-0.3, -0.25) is 5.32 Å². The molecule has 1 aromatic heterocycles. The highest BCUT2D eigenvalue weighted by Gasteiger charge is 2.32. The maximum atomic E-state index is 13.5. The fourth-order valence-corrected chi connectivity index (χ4v) is 4.01. The number of aliphatic imine (C=N–C) groups is 1. The number of amides is 2. The standard InChI is InChI=1S/C22H13F3N4O2S/c23-22(24,25)13-10-16(15-8-4-5-9-17(15)26-12-30)19-18(11-13)32-21(28-19)29-20(31)27-14-6-2-1-3-7-14/h1-11H,(H2,27,28,29,31). The number of alkyl halides is 3. The van der Waals surface area contributed by atoms with Crippen LogP contribution < -0.4 is 10.6 Å². The van der Waals surface area contributed by atoms with Crippen LogP contribution in [0.25, 0.3) is 21.3 Å². The van der Waals surface area contributed by atoms with Crippen molar-refractivity contribution >= 4 is 50.2 Å². The first kappa shape index (κ1) is 21.2. The summed E-state index contributed by atoms with van der Waals surface area (Å²) in [4.78, 5) is 31.0. The third-order valence-corrected chi connectivity index (χ3v) is 5.35. The van der Waals surface area contributed by atoms with E-state index in [2.05, 4.69) is 20.6 Å². The summed E-state index contributed by atoms with van der Waals surface area (Å²) >= 11 is 0.903. The molecule has 0 aliphatic carbocycles. The summed E-state index contributed by atoms with van der Waals surface area (Å²) in [5.74, 6) is 0. The van der Waals surface area contributed by atoms with Crippen molar-refractivity contribution in [3.05, 3.63) is 72.3 Å². The number of carbonyl (C=O) groups is 1. The van der Waals surface area contributed by atoms with Gasteiger partial charge in [0.2, 0.25) is 6.08 Å². The number of isocyanates is 1. The lowest BCUT2D eigenvalue weighted by atomic mass is 10.00. The molecule has 0 atom stereocenters. The molecule has 0 fully saturated rings. The number of para-hydroxylation sites is 2. The Kier molecular flexibility index (Phi) is 5.72. The number of thiazole rings is 1. The number of urea groups is 1. The summed E-state index contributed by atoms with van der Waals surface area (Å²) in [5.41, 5.74) is 0.495. The smallest absolute Gasteiger partial charge is 0.308 e. The van der Waals surface area contributed by atoms with E-state index in [4.69, 9.17) is 0 Å². The molecule has 0 bridgehead atoms. The molecule has 0 aliphatic rings. The number of hydrogen-bond donors (Lipinski definition) is 2. The lowest BCUT2D eigenvalue weighted by molar-refractivity contribution is -0.137. The van der Waals surface area contributed by atoms with Crippen molar-refractivity contribution in [3.63, 3.8) is 0 Å². The first-order valence-electron chi connectivity index (χ1n) is 9.17. The lowest BCUT2D eigenvalue weighted by Gasteiger charge is -2.11. The third kappa shape index (κ3) is 4.51. The molecule has 6 nitrogen and oxygen atoms in total. The first-order chi connectivity index (χ1) is 15.3. The van der Waals surface area contributed by atoms with E-state index in [1.807, 2.05) is 0 Å². The molecular formula is C22H13F3N4O2S. The maximum absolute atomic E-state index is 13.5. The zero-order valence-electron chi connectivity index (χ0n) is 16.1. The zero-order chi connectivity index (χ0) is 22.7. The van der Waals surface area contributed by atoms with Gasteiger partial charge in [-0.25, -0.2) is 14.6 Å². The van der Waals surface area contributed by atoms with Gasteiger partial charge in [0, 0.05) is 16.8 Å². The van der Waals surface area contributed by atoms with Crippen molar-refractivity contribution in [2.24, 2.45) is 4.99 Å². The summed E-state index contributed by atoms with van der Waals surface area (Å²) in [6.07, 6.45) is -3.19. The number of nitrogens with zero attached hydrogens (tertiary/aromatic N) is 2. The Morgan fingerprint density at radius 1 is 0.969 bits per heavy atom. The van der Waals surface area contributed by atoms with Crippen molar-refractivity contribution in [1.29, 1.82) is 0 Å². The molecule has 10 heteroatoms. The Hall–Kier alpha value is -4.01. The first-order valence-corrected chi connectivity index (χ1v) is 9.99. The van der Waals surface area contributed by atoms with Gasteiger partial charge >= 0.3 is 12.2 Å². The van der Waals surface area contributed by atoms with E-state index < -0.39 is 17.8 Å². The minimum atomic E-state index is -4.60. The molecule has 2 N–H and O–H groups in total. The number of rotatable bonds is 4. The van der Waals surface area contributed by atoms with Crippen LogP contribution in [-0.2, 0) is 11.0 Å². The Balaban J connectivity index is 1.79. The highest BCUT2D eigenvalue weighted by Crippen LogP contribution is 2.42. The van der Waals surface area contributed by atoms with E-state index in [-0.39, 0.29) is 32.2 Å². The largest absolute Gasteiger partial charge is 0.416 e. The van der Waals surface area contributed by atoms with Crippen LogP contribution in [-0.4, -0.2) is 17.1 Å². The van der Waals surface area contributed by atoms with E-state index in [1.165, 1.54) is 12.1 Å².